The van der Waals surface area contributed by atoms with Crippen molar-refractivity contribution in [1.29, 1.82) is 0 Å². The molecule has 0 radical (unpaired) electrons. The van der Waals surface area contributed by atoms with Crippen molar-refractivity contribution in [3.05, 3.63) is 10.1 Å². The maximum absolute atomic E-state index is 9.43. The van der Waals surface area contributed by atoms with Crippen molar-refractivity contribution in [3.8, 4) is 0 Å². The van der Waals surface area contributed by atoms with Crippen molar-refractivity contribution in [2.24, 2.45) is 0 Å². The van der Waals surface area contributed by atoms with Crippen molar-refractivity contribution in [1.82, 2.24) is 0 Å². The van der Waals surface area contributed by atoms with E-state index in [-0.39, 0.29) is 18.9 Å². The van der Waals surface area contributed by atoms with E-state index in [1.54, 1.807) is 0 Å². The van der Waals surface area contributed by atoms with Gasteiger partial charge in [-0.15, -0.1) is 0 Å². The molecule has 0 aromatic carbocycles. The quantitative estimate of drug-likeness (QED) is 0.181. The SMILES string of the molecule is O=[N+]([O-])CO[Cl+3]([O-])([O-])[O-].[LiH]. The van der Waals surface area contributed by atoms with E-state index in [1.807, 2.05) is 0 Å². The van der Waals surface area contributed by atoms with E-state index in [2.05, 4.69) is 4.29 Å². The summed E-state index contributed by atoms with van der Waals surface area (Å²) in [6.07, 6.45) is 0. The van der Waals surface area contributed by atoms with Crippen molar-refractivity contribution < 1.29 is 33.4 Å². The number of hydrogen-bond donors (Lipinski definition) is 0. The normalized spacial score (nSPS) is 10.3. The molecule has 56 valence electrons. The van der Waals surface area contributed by atoms with Crippen LogP contribution < -0.4 is 14.0 Å². The Hall–Kier alpha value is 0.127. The van der Waals surface area contributed by atoms with Gasteiger partial charge >= 0.3 is 25.6 Å². The van der Waals surface area contributed by atoms with Gasteiger partial charge in [0.1, 0.15) is 4.29 Å². The van der Waals surface area contributed by atoms with E-state index in [0.29, 0.717) is 0 Å². The van der Waals surface area contributed by atoms with Crippen LogP contribution in [0.15, 0.2) is 0 Å². The summed E-state index contributed by atoms with van der Waals surface area (Å²) in [6, 6.07) is 0. The number of hydrogen-bond acceptors (Lipinski definition) is 6. The Bertz CT molecular complexity index is 111. The topological polar surface area (TPSA) is 122 Å². The zero-order valence-corrected chi connectivity index (χ0v) is 4.74. The number of nitrogens with zero attached hydrogens (tertiary/aromatic N) is 1. The Morgan fingerprint density at radius 2 is 1.80 bits per heavy atom. The van der Waals surface area contributed by atoms with Crippen LogP contribution in [0.3, 0.4) is 0 Å². The Morgan fingerprint density at radius 1 is 1.40 bits per heavy atom. The zero-order chi connectivity index (χ0) is 7.49. The zero-order valence-electron chi connectivity index (χ0n) is 3.98. The molecule has 10 heavy (non-hydrogen) atoms. The molecule has 0 bridgehead atoms. The second-order valence-corrected chi connectivity index (χ2v) is 1.92. The van der Waals surface area contributed by atoms with Gasteiger partial charge in [-0.1, -0.05) is 0 Å². The molecule has 0 fully saturated rings. The molecule has 0 amide bonds. The fraction of sp³-hybridized carbons (Fsp3) is 1.00. The molecule has 0 saturated carbocycles. The molecule has 0 unspecified atom stereocenters. The Morgan fingerprint density at radius 3 is 1.90 bits per heavy atom. The third-order valence-corrected chi connectivity index (χ3v) is 0.653. The molecule has 0 heterocycles. The van der Waals surface area contributed by atoms with Gasteiger partial charge in [-0.05, 0) is 0 Å². The number of nitro groups is 1. The number of rotatable bonds is 3. The molecule has 0 N–H and O–H groups in total. The van der Waals surface area contributed by atoms with Gasteiger partial charge < -0.3 is 0 Å². The van der Waals surface area contributed by atoms with E-state index in [4.69, 9.17) is 0 Å². The van der Waals surface area contributed by atoms with Crippen LogP contribution in [0.2, 0.25) is 0 Å². The maximum atomic E-state index is 9.43. The monoisotopic (exact) mass is 167 g/mol. The molecule has 0 saturated heterocycles. The fourth-order valence-electron chi connectivity index (χ4n) is 0.0996. The fourth-order valence-corrected chi connectivity index (χ4v) is 0.299. The molecule has 0 aliphatic carbocycles. The molecule has 0 rings (SSSR count). The first-order chi connectivity index (χ1) is 3.92. The van der Waals surface area contributed by atoms with Crippen molar-refractivity contribution in [3.63, 3.8) is 0 Å². The van der Waals surface area contributed by atoms with E-state index in [9.17, 15) is 24.1 Å². The summed E-state index contributed by atoms with van der Waals surface area (Å²) >= 11 is 0. The van der Waals surface area contributed by atoms with Crippen LogP contribution in [0, 0.1) is 20.4 Å². The average Bonchev–Trinajstić information content (AvgIpc) is 1.59. The summed E-state index contributed by atoms with van der Waals surface area (Å²) in [5, 5.41) is 9.32. The average molecular weight is 167 g/mol. The van der Waals surface area contributed by atoms with E-state index in [1.165, 1.54) is 0 Å². The molecule has 0 aliphatic heterocycles. The van der Waals surface area contributed by atoms with Gasteiger partial charge in [0.15, 0.2) is 0 Å². The standard InChI is InChI=1S/CH2ClNO6.Li.H/c4-2(5,6)9-1-3(7)8;;/h1H2;;. The van der Waals surface area contributed by atoms with Gasteiger partial charge in [-0.2, -0.15) is 14.0 Å². The van der Waals surface area contributed by atoms with E-state index < -0.39 is 21.9 Å². The second-order valence-electron chi connectivity index (χ2n) is 0.949. The molecule has 0 aromatic heterocycles. The van der Waals surface area contributed by atoms with Crippen LogP contribution in [0.5, 0.6) is 0 Å². The van der Waals surface area contributed by atoms with Crippen LogP contribution in [0.4, 0.5) is 0 Å². The van der Waals surface area contributed by atoms with Gasteiger partial charge in [-0.25, -0.2) is 0 Å². The molecular formula is CH3ClLiNO6. The predicted octanol–water partition coefficient (Wildman–Crippen LogP) is -4.51. The summed E-state index contributed by atoms with van der Waals surface area (Å²) in [5.74, 6) is 0. The van der Waals surface area contributed by atoms with Crippen molar-refractivity contribution in [2.75, 3.05) is 6.73 Å². The molecule has 0 atom stereocenters. The van der Waals surface area contributed by atoms with Crippen molar-refractivity contribution >= 4 is 18.9 Å². The third-order valence-electron chi connectivity index (χ3n) is 0.288. The summed E-state index contributed by atoms with van der Waals surface area (Å²) in [4.78, 5) is 8.24. The van der Waals surface area contributed by atoms with E-state index in [0.717, 1.165) is 0 Å². The summed E-state index contributed by atoms with van der Waals surface area (Å²) in [7, 11) is -4.66. The molecule has 0 aliphatic rings. The van der Waals surface area contributed by atoms with E-state index >= 15 is 0 Å². The van der Waals surface area contributed by atoms with Crippen LogP contribution in [-0.4, -0.2) is 30.5 Å². The Balaban J connectivity index is 0. The van der Waals surface area contributed by atoms with Crippen LogP contribution in [-0.2, 0) is 4.29 Å². The van der Waals surface area contributed by atoms with Crippen molar-refractivity contribution in [2.45, 2.75) is 0 Å². The third kappa shape index (κ3) is 11.0. The molecule has 9 heteroatoms. The van der Waals surface area contributed by atoms with Gasteiger partial charge in [-0.3, -0.25) is 10.1 Å². The van der Waals surface area contributed by atoms with Gasteiger partial charge in [0.2, 0.25) is 0 Å². The minimum atomic E-state index is -4.66. The van der Waals surface area contributed by atoms with Crippen LogP contribution >= 0.6 is 0 Å². The molecular weight excluding hydrogens is 164 g/mol. The Labute approximate surface area is 69.6 Å². The first-order valence-corrected chi connectivity index (χ1v) is 2.82. The summed E-state index contributed by atoms with van der Waals surface area (Å²) in [5.41, 5.74) is 0. The van der Waals surface area contributed by atoms with Crippen LogP contribution in [0.1, 0.15) is 0 Å². The van der Waals surface area contributed by atoms with Gasteiger partial charge in [0.25, 0.3) is 0 Å². The number of halogens is 1. The second kappa shape index (κ2) is 4.87. The summed E-state index contributed by atoms with van der Waals surface area (Å²) < 4.78 is 31.5. The molecule has 0 spiro atoms. The Kier molecular flexibility index (Phi) is 6.22. The summed E-state index contributed by atoms with van der Waals surface area (Å²) in [6.45, 7) is -1.33. The first kappa shape index (κ1) is 12.8. The predicted molar refractivity (Wildman–Crippen MR) is 20.1 cm³/mol. The molecule has 0 aromatic rings. The molecule has 7 nitrogen and oxygen atoms in total. The van der Waals surface area contributed by atoms with Gasteiger partial charge in [0, 0.05) is 0 Å². The van der Waals surface area contributed by atoms with Crippen LogP contribution in [0.25, 0.3) is 0 Å². The van der Waals surface area contributed by atoms with Gasteiger partial charge in [0.05, 0.1) is 15.2 Å². The first-order valence-electron chi connectivity index (χ1n) is 1.59. The minimum absolute atomic E-state index is 0.